The predicted molar refractivity (Wildman–Crippen MR) is 190 cm³/mol. The van der Waals surface area contributed by atoms with Crippen LogP contribution in [-0.4, -0.2) is 88.2 Å². The molecule has 7 fully saturated rings. The Morgan fingerprint density at radius 2 is 1.75 bits per heavy atom. The number of morpholine rings is 1. The maximum atomic E-state index is 13.4. The molecular weight excluding hydrogens is 649 g/mol. The van der Waals surface area contributed by atoms with E-state index in [1.54, 1.807) is 26.0 Å². The fourth-order valence-electron chi connectivity index (χ4n) is 14.2. The topological polar surface area (TPSA) is 109 Å². The second kappa shape index (κ2) is 11.9. The van der Waals surface area contributed by atoms with Crippen molar-refractivity contribution in [1.82, 2.24) is 4.90 Å². The smallest absolute Gasteiger partial charge is 0.227 e. The van der Waals surface area contributed by atoms with Crippen LogP contribution in [0.25, 0.3) is 0 Å². The van der Waals surface area contributed by atoms with Crippen LogP contribution in [0.15, 0.2) is 24.3 Å². The van der Waals surface area contributed by atoms with Crippen molar-refractivity contribution >= 4 is 5.91 Å². The number of aliphatic hydroxyl groups is 3. The third-order valence-electron chi connectivity index (χ3n) is 16.8. The summed E-state index contributed by atoms with van der Waals surface area (Å²) in [6.45, 7) is 16.5. The van der Waals surface area contributed by atoms with Gasteiger partial charge in [0.25, 0.3) is 0 Å². The number of carbonyl (C=O) groups is 1. The van der Waals surface area contributed by atoms with Crippen molar-refractivity contribution in [2.75, 3.05) is 19.7 Å². The highest BCUT2D eigenvalue weighted by Crippen LogP contribution is 2.89. The van der Waals surface area contributed by atoms with Gasteiger partial charge in [0.2, 0.25) is 5.91 Å². The second-order valence-electron chi connectivity index (χ2n) is 19.7. The quantitative estimate of drug-likeness (QED) is 0.338. The fourth-order valence-corrected chi connectivity index (χ4v) is 14.2. The van der Waals surface area contributed by atoms with E-state index in [4.69, 9.17) is 14.2 Å². The number of carbonyl (C=O) groups excluding carboxylic acids is 1. The van der Waals surface area contributed by atoms with Crippen molar-refractivity contribution in [2.45, 2.75) is 149 Å². The molecule has 1 aromatic rings. The predicted octanol–water partition coefficient (Wildman–Crippen LogP) is 5.88. The average Bonchev–Trinajstić information content (AvgIpc) is 3.71. The molecule has 51 heavy (non-hydrogen) atoms. The molecule has 0 aromatic heterocycles. The summed E-state index contributed by atoms with van der Waals surface area (Å²) in [5, 5.41) is 34.2. The first-order valence-electron chi connectivity index (χ1n) is 19.9. The van der Waals surface area contributed by atoms with E-state index in [9.17, 15) is 24.5 Å². The molecule has 8 nitrogen and oxygen atoms in total. The van der Waals surface area contributed by atoms with E-state index in [0.717, 1.165) is 37.7 Å². The van der Waals surface area contributed by atoms with Crippen molar-refractivity contribution in [3.05, 3.63) is 35.6 Å². The van der Waals surface area contributed by atoms with E-state index in [2.05, 4.69) is 34.6 Å². The summed E-state index contributed by atoms with van der Waals surface area (Å²) in [6, 6.07) is 6.13. The van der Waals surface area contributed by atoms with Gasteiger partial charge in [-0.25, -0.2) is 4.39 Å². The highest BCUT2D eigenvalue weighted by Gasteiger charge is 2.84. The first-order chi connectivity index (χ1) is 23.9. The number of hydrogen-bond acceptors (Lipinski definition) is 7. The third-order valence-corrected chi connectivity index (χ3v) is 16.8. The molecule has 14 atom stereocenters. The van der Waals surface area contributed by atoms with Gasteiger partial charge in [-0.2, -0.15) is 0 Å². The average molecular weight is 712 g/mol. The van der Waals surface area contributed by atoms with Gasteiger partial charge in [0.05, 0.1) is 49.6 Å². The molecule has 2 spiro atoms. The largest absolute Gasteiger partial charge is 0.390 e. The lowest BCUT2D eigenvalue weighted by molar-refractivity contribution is -0.248. The number of ether oxygens (including phenoxy) is 3. The summed E-state index contributed by atoms with van der Waals surface area (Å²) in [6.07, 6.45) is 5.78. The van der Waals surface area contributed by atoms with Crippen LogP contribution in [0.1, 0.15) is 105 Å². The summed E-state index contributed by atoms with van der Waals surface area (Å²) in [7, 11) is 0. The molecule has 7 unspecified atom stereocenters. The van der Waals surface area contributed by atoms with Crippen LogP contribution in [0.4, 0.5) is 4.39 Å². The van der Waals surface area contributed by atoms with E-state index in [1.807, 2.05) is 4.90 Å². The van der Waals surface area contributed by atoms with Crippen LogP contribution in [0.2, 0.25) is 0 Å². The zero-order chi connectivity index (χ0) is 36.5. The molecule has 1 amide bonds. The summed E-state index contributed by atoms with van der Waals surface area (Å²) in [5.41, 5.74) is -0.454. The van der Waals surface area contributed by atoms with E-state index < -0.39 is 30.2 Å². The maximum absolute atomic E-state index is 13.4. The Kier molecular flexibility index (Phi) is 8.51. The van der Waals surface area contributed by atoms with Gasteiger partial charge in [0.15, 0.2) is 6.29 Å². The minimum atomic E-state index is -1.27. The van der Waals surface area contributed by atoms with Gasteiger partial charge >= 0.3 is 0 Å². The van der Waals surface area contributed by atoms with Crippen molar-refractivity contribution < 1.29 is 38.7 Å². The second-order valence-corrected chi connectivity index (χ2v) is 19.7. The summed E-state index contributed by atoms with van der Waals surface area (Å²) < 4.78 is 33.0. The Labute approximate surface area is 303 Å². The summed E-state index contributed by atoms with van der Waals surface area (Å²) in [5.74, 6) is 1.11. The summed E-state index contributed by atoms with van der Waals surface area (Å²) >= 11 is 0. The third kappa shape index (κ3) is 5.13. The molecule has 0 bridgehead atoms. The van der Waals surface area contributed by atoms with Crippen LogP contribution in [0, 0.1) is 56.6 Å². The van der Waals surface area contributed by atoms with Crippen LogP contribution in [0.5, 0.6) is 0 Å². The first kappa shape index (κ1) is 36.4. The number of amides is 1. The van der Waals surface area contributed by atoms with E-state index in [0.29, 0.717) is 38.0 Å². The number of halogens is 1. The van der Waals surface area contributed by atoms with Gasteiger partial charge in [-0.1, -0.05) is 46.8 Å². The zero-order valence-electron chi connectivity index (χ0n) is 31.9. The monoisotopic (exact) mass is 711 g/mol. The molecule has 5 saturated carbocycles. The lowest BCUT2D eigenvalue weighted by Gasteiger charge is -2.64. The normalized spacial score (nSPS) is 47.7. The molecule has 5 aliphatic carbocycles. The Hall–Kier alpha value is -1.62. The van der Waals surface area contributed by atoms with Crippen LogP contribution < -0.4 is 0 Å². The van der Waals surface area contributed by atoms with Crippen LogP contribution in [0.3, 0.4) is 0 Å². The molecule has 2 saturated heterocycles. The summed E-state index contributed by atoms with van der Waals surface area (Å²) in [4.78, 5) is 15.0. The molecule has 2 aliphatic heterocycles. The number of nitrogens with zero attached hydrogens (tertiary/aromatic N) is 1. The number of hydrogen-bond donors (Lipinski definition) is 3. The van der Waals surface area contributed by atoms with E-state index in [-0.39, 0.29) is 69.3 Å². The molecule has 1 aromatic carbocycles. The Balaban J connectivity index is 0.976. The Morgan fingerprint density at radius 3 is 2.45 bits per heavy atom. The van der Waals surface area contributed by atoms with Gasteiger partial charge < -0.3 is 34.4 Å². The molecule has 9 heteroatoms. The minimum Gasteiger partial charge on any atom is -0.390 e. The molecule has 8 rings (SSSR count). The SMILES string of the molecule is C[C@@H]1CC([C@H](O)C(C)(C)O)OC2C1[C@@]1(C)CCC34C[C@@]35CC[C@H](OC3CN(C(=O)Cc6ccc(F)cc6)CCO3)C(C)(C)C5CC[C@H]4C1(C)[C@H]2O. The van der Waals surface area contributed by atoms with Gasteiger partial charge in [-0.05, 0) is 128 Å². The van der Waals surface area contributed by atoms with Crippen molar-refractivity contribution in [3.63, 3.8) is 0 Å². The van der Waals surface area contributed by atoms with Crippen molar-refractivity contribution in [3.8, 4) is 0 Å². The molecular formula is C42H62FNO7. The first-order valence-corrected chi connectivity index (χ1v) is 19.9. The Morgan fingerprint density at radius 1 is 1.06 bits per heavy atom. The maximum Gasteiger partial charge on any atom is 0.227 e. The highest BCUT2D eigenvalue weighted by atomic mass is 19.1. The molecule has 3 N–H and O–H groups in total. The Bertz CT molecular complexity index is 1510. The minimum absolute atomic E-state index is 0.00840. The molecule has 284 valence electrons. The van der Waals surface area contributed by atoms with Crippen molar-refractivity contribution in [1.29, 1.82) is 0 Å². The van der Waals surface area contributed by atoms with Gasteiger partial charge in [-0.3, -0.25) is 4.79 Å². The molecule has 0 radical (unpaired) electrons. The van der Waals surface area contributed by atoms with Gasteiger partial charge in [-0.15, -0.1) is 0 Å². The number of aliphatic hydroxyl groups excluding tert-OH is 2. The molecule has 2 heterocycles. The highest BCUT2D eigenvalue weighted by molar-refractivity contribution is 5.78. The van der Waals surface area contributed by atoms with E-state index >= 15 is 0 Å². The lowest BCUT2D eigenvalue weighted by Crippen LogP contribution is -2.60. The zero-order valence-corrected chi connectivity index (χ0v) is 31.9. The van der Waals surface area contributed by atoms with Gasteiger partial charge in [0.1, 0.15) is 11.9 Å². The van der Waals surface area contributed by atoms with E-state index in [1.165, 1.54) is 25.0 Å². The number of benzene rings is 1. The molecule has 7 aliphatic rings. The lowest BCUT2D eigenvalue weighted by atomic mass is 9.41. The van der Waals surface area contributed by atoms with Crippen molar-refractivity contribution in [2.24, 2.45) is 50.7 Å². The number of rotatable bonds is 6. The standard InChI is InChI=1S/C42H62FNO7/c1-24-20-27(35(46)38(4,5)48)50-34-33(24)39(6)16-17-42-23-41(42)15-14-30(37(2,3)28(41)12-13-29(42)40(39,7)36(34)47)51-32-22-44(18-19-49-32)31(45)21-25-8-10-26(43)11-9-25/h8-11,24,27-30,32-36,46-48H,12-23H2,1-7H3/t24-,27?,28?,29+,30+,32?,33?,34?,35+,36+,39-,40?,41-,42?/m1/s1. The number of fused-ring (bicyclic) bond motifs is 4. The van der Waals surface area contributed by atoms with Crippen LogP contribution in [-0.2, 0) is 25.4 Å². The fraction of sp³-hybridized carbons (Fsp3) is 0.833. The van der Waals surface area contributed by atoms with Gasteiger partial charge in [0, 0.05) is 12.0 Å². The van der Waals surface area contributed by atoms with Crippen LogP contribution >= 0.6 is 0 Å².